The van der Waals surface area contributed by atoms with E-state index in [4.69, 9.17) is 18.0 Å². The van der Waals surface area contributed by atoms with Crippen LogP contribution in [0.2, 0.25) is 0 Å². The van der Waals surface area contributed by atoms with Gasteiger partial charge in [-0.05, 0) is 18.1 Å². The van der Waals surface area contributed by atoms with E-state index in [0.29, 0.717) is 4.99 Å². The van der Waals surface area contributed by atoms with Gasteiger partial charge in [-0.2, -0.15) is 0 Å². The number of hydrogen-bond acceptors (Lipinski definition) is 3. The number of nitrogens with zero attached hydrogens (tertiary/aromatic N) is 1. The van der Waals surface area contributed by atoms with Crippen molar-refractivity contribution >= 4 is 17.2 Å². The van der Waals surface area contributed by atoms with Gasteiger partial charge in [-0.3, -0.25) is 4.90 Å². The van der Waals surface area contributed by atoms with Crippen LogP contribution in [-0.2, 0) is 6.54 Å². The number of aliphatic hydroxyl groups is 1. The molecular formula is C12H16N2OS. The van der Waals surface area contributed by atoms with Gasteiger partial charge in [-0.1, -0.05) is 30.4 Å². The van der Waals surface area contributed by atoms with Crippen molar-refractivity contribution in [2.24, 2.45) is 5.73 Å². The monoisotopic (exact) mass is 236 g/mol. The van der Waals surface area contributed by atoms with Gasteiger partial charge in [0.15, 0.2) is 0 Å². The average Bonchev–Trinajstić information content (AvgIpc) is 2.64. The average molecular weight is 236 g/mol. The van der Waals surface area contributed by atoms with Crippen LogP contribution in [0.4, 0.5) is 0 Å². The van der Waals surface area contributed by atoms with E-state index in [1.807, 2.05) is 18.2 Å². The van der Waals surface area contributed by atoms with Gasteiger partial charge < -0.3 is 10.8 Å². The Morgan fingerprint density at radius 3 is 3.00 bits per heavy atom. The summed E-state index contributed by atoms with van der Waals surface area (Å²) in [6.45, 7) is 2.57. The highest BCUT2D eigenvalue weighted by atomic mass is 32.1. The third kappa shape index (κ3) is 2.78. The van der Waals surface area contributed by atoms with Crippen LogP contribution in [0.1, 0.15) is 17.5 Å². The van der Waals surface area contributed by atoms with Crippen LogP contribution < -0.4 is 5.73 Å². The van der Waals surface area contributed by atoms with Crippen molar-refractivity contribution in [2.75, 3.05) is 13.1 Å². The normalized spacial score (nSPS) is 21.2. The zero-order chi connectivity index (χ0) is 11.5. The number of rotatable bonds is 3. The van der Waals surface area contributed by atoms with Crippen LogP contribution in [0.15, 0.2) is 24.3 Å². The first kappa shape index (κ1) is 11.5. The smallest absolute Gasteiger partial charge is 0.103 e. The molecule has 1 aromatic carbocycles. The summed E-state index contributed by atoms with van der Waals surface area (Å²) in [6.07, 6.45) is 0.702. The molecule has 2 rings (SSSR count). The molecule has 3 N–H and O–H groups in total. The SMILES string of the molecule is NC(=S)c1cccc(CN2CCC(O)C2)c1. The maximum absolute atomic E-state index is 9.44. The van der Waals surface area contributed by atoms with Crippen molar-refractivity contribution in [1.29, 1.82) is 0 Å². The van der Waals surface area contributed by atoms with E-state index >= 15 is 0 Å². The molecule has 4 heteroatoms. The summed E-state index contributed by atoms with van der Waals surface area (Å²) in [4.78, 5) is 2.67. The third-order valence-corrected chi connectivity index (χ3v) is 3.10. The number of hydrogen-bond donors (Lipinski definition) is 2. The molecule has 1 unspecified atom stereocenters. The highest BCUT2D eigenvalue weighted by molar-refractivity contribution is 7.80. The van der Waals surface area contributed by atoms with E-state index in [1.165, 1.54) is 5.56 Å². The summed E-state index contributed by atoms with van der Waals surface area (Å²) >= 11 is 4.95. The third-order valence-electron chi connectivity index (χ3n) is 2.87. The van der Waals surface area contributed by atoms with Gasteiger partial charge in [0.25, 0.3) is 0 Å². The van der Waals surface area contributed by atoms with E-state index in [9.17, 15) is 5.11 Å². The molecule has 0 aliphatic carbocycles. The van der Waals surface area contributed by atoms with Gasteiger partial charge in [0.1, 0.15) is 4.99 Å². The molecule has 0 radical (unpaired) electrons. The van der Waals surface area contributed by atoms with Crippen LogP contribution in [0, 0.1) is 0 Å². The molecule has 1 saturated heterocycles. The molecule has 86 valence electrons. The Labute approximate surface area is 101 Å². The first-order valence-electron chi connectivity index (χ1n) is 5.44. The summed E-state index contributed by atoms with van der Waals surface area (Å²) in [5.74, 6) is 0. The Balaban J connectivity index is 2.04. The molecule has 1 heterocycles. The van der Waals surface area contributed by atoms with Crippen LogP contribution in [-0.4, -0.2) is 34.2 Å². The fourth-order valence-electron chi connectivity index (χ4n) is 2.04. The second kappa shape index (κ2) is 4.91. The Morgan fingerprint density at radius 2 is 2.38 bits per heavy atom. The van der Waals surface area contributed by atoms with Gasteiger partial charge in [-0.25, -0.2) is 0 Å². The molecular weight excluding hydrogens is 220 g/mol. The Hall–Kier alpha value is -0.970. The lowest BCUT2D eigenvalue weighted by molar-refractivity contribution is 0.175. The number of benzene rings is 1. The predicted molar refractivity (Wildman–Crippen MR) is 68.2 cm³/mol. The summed E-state index contributed by atoms with van der Waals surface area (Å²) in [5.41, 5.74) is 7.69. The molecule has 0 amide bonds. The maximum atomic E-state index is 9.44. The Morgan fingerprint density at radius 1 is 1.56 bits per heavy atom. The summed E-state index contributed by atoms with van der Waals surface area (Å²) in [7, 11) is 0. The number of aliphatic hydroxyl groups excluding tert-OH is 1. The molecule has 3 nitrogen and oxygen atoms in total. The van der Waals surface area contributed by atoms with Crippen LogP contribution in [0.25, 0.3) is 0 Å². The first-order valence-corrected chi connectivity index (χ1v) is 5.85. The molecule has 1 atom stereocenters. The summed E-state index contributed by atoms with van der Waals surface area (Å²) < 4.78 is 0. The highest BCUT2D eigenvalue weighted by Crippen LogP contribution is 2.14. The van der Waals surface area contributed by atoms with Crippen LogP contribution in [0.5, 0.6) is 0 Å². The van der Waals surface area contributed by atoms with Crippen molar-refractivity contribution in [3.8, 4) is 0 Å². The number of β-amino-alcohol motifs (C(OH)–C–C–N with tert-alkyl or cyclic N) is 1. The largest absolute Gasteiger partial charge is 0.392 e. The van der Waals surface area contributed by atoms with Gasteiger partial charge in [0.05, 0.1) is 6.10 Å². The van der Waals surface area contributed by atoms with Gasteiger partial charge in [0, 0.05) is 25.2 Å². The fraction of sp³-hybridized carbons (Fsp3) is 0.417. The van der Waals surface area contributed by atoms with Crippen molar-refractivity contribution < 1.29 is 5.11 Å². The molecule has 0 aromatic heterocycles. The van der Waals surface area contributed by atoms with E-state index in [1.54, 1.807) is 0 Å². The zero-order valence-electron chi connectivity index (χ0n) is 9.10. The minimum Gasteiger partial charge on any atom is -0.392 e. The molecule has 16 heavy (non-hydrogen) atoms. The minimum absolute atomic E-state index is 0.168. The molecule has 1 aliphatic rings. The number of likely N-dealkylation sites (tertiary alicyclic amines) is 1. The lowest BCUT2D eigenvalue weighted by atomic mass is 10.1. The molecule has 0 spiro atoms. The van der Waals surface area contributed by atoms with Crippen molar-refractivity contribution in [2.45, 2.75) is 19.1 Å². The standard InChI is InChI=1S/C12H16N2OS/c13-12(16)10-3-1-2-9(6-10)7-14-5-4-11(15)8-14/h1-3,6,11,15H,4-5,7-8H2,(H2,13,16). The van der Waals surface area contributed by atoms with E-state index < -0.39 is 0 Å². The lowest BCUT2D eigenvalue weighted by Gasteiger charge is -2.15. The van der Waals surface area contributed by atoms with Crippen molar-refractivity contribution in [3.05, 3.63) is 35.4 Å². The van der Waals surface area contributed by atoms with E-state index in [-0.39, 0.29) is 6.10 Å². The van der Waals surface area contributed by atoms with Gasteiger partial charge in [-0.15, -0.1) is 0 Å². The zero-order valence-corrected chi connectivity index (χ0v) is 9.91. The van der Waals surface area contributed by atoms with Crippen LogP contribution in [0.3, 0.4) is 0 Å². The second-order valence-electron chi connectivity index (χ2n) is 4.24. The number of thiocarbonyl (C=S) groups is 1. The summed E-state index contributed by atoms with van der Waals surface area (Å²) in [6, 6.07) is 7.97. The van der Waals surface area contributed by atoms with E-state index in [2.05, 4.69) is 11.0 Å². The highest BCUT2D eigenvalue weighted by Gasteiger charge is 2.19. The number of nitrogens with two attached hydrogens (primary N) is 1. The van der Waals surface area contributed by atoms with Crippen LogP contribution >= 0.6 is 12.2 Å². The molecule has 0 bridgehead atoms. The van der Waals surface area contributed by atoms with Gasteiger partial charge >= 0.3 is 0 Å². The quantitative estimate of drug-likeness (QED) is 0.765. The predicted octanol–water partition coefficient (Wildman–Crippen LogP) is 0.887. The molecule has 0 saturated carbocycles. The molecule has 1 aliphatic heterocycles. The minimum atomic E-state index is -0.168. The van der Waals surface area contributed by atoms with Crippen molar-refractivity contribution in [1.82, 2.24) is 4.90 Å². The Kier molecular flexibility index (Phi) is 3.53. The molecule has 1 fully saturated rings. The summed E-state index contributed by atoms with van der Waals surface area (Å²) in [5, 5.41) is 9.44. The topological polar surface area (TPSA) is 49.5 Å². The first-order chi connectivity index (χ1) is 7.65. The second-order valence-corrected chi connectivity index (χ2v) is 4.68. The van der Waals surface area contributed by atoms with Gasteiger partial charge in [0.2, 0.25) is 0 Å². The fourth-order valence-corrected chi connectivity index (χ4v) is 2.16. The lowest BCUT2D eigenvalue weighted by Crippen LogP contribution is -2.21. The van der Waals surface area contributed by atoms with Crippen molar-refractivity contribution in [3.63, 3.8) is 0 Å². The van der Waals surface area contributed by atoms with E-state index in [0.717, 1.165) is 31.6 Å². The molecule has 1 aromatic rings. The Bertz CT molecular complexity index is 394. The maximum Gasteiger partial charge on any atom is 0.103 e.